The normalized spacial score (nSPS) is 13.3. The molecule has 0 fully saturated rings. The van der Waals surface area contributed by atoms with Crippen LogP contribution in [0.2, 0.25) is 0 Å². The van der Waals surface area contributed by atoms with Gasteiger partial charge in [-0.15, -0.1) is 0 Å². The quantitative estimate of drug-likeness (QED) is 0.587. The van der Waals surface area contributed by atoms with Crippen LogP contribution in [-0.2, 0) is 13.2 Å². The third-order valence-corrected chi connectivity index (χ3v) is 4.55. The SMILES string of the molecule is Fc1cc(C2=CN(Cc3ccccc3)CN=C2)ccc1OCc1ccccc1. The molecule has 0 N–H and O–H groups in total. The number of nitrogens with zero attached hydrogens (tertiary/aromatic N) is 2. The summed E-state index contributed by atoms with van der Waals surface area (Å²) in [6.07, 6.45) is 3.82. The molecule has 3 aromatic rings. The van der Waals surface area contributed by atoms with E-state index in [9.17, 15) is 4.39 Å². The maximum Gasteiger partial charge on any atom is 0.165 e. The molecule has 1 aliphatic rings. The number of benzene rings is 3. The number of aliphatic imine (C=N–C) groups is 1. The van der Waals surface area contributed by atoms with E-state index in [0.29, 0.717) is 13.3 Å². The minimum absolute atomic E-state index is 0.252. The number of ether oxygens (including phenoxy) is 1. The predicted octanol–water partition coefficient (Wildman–Crippen LogP) is 5.29. The Morgan fingerprint density at radius 3 is 2.32 bits per heavy atom. The number of rotatable bonds is 6. The van der Waals surface area contributed by atoms with Crippen LogP contribution < -0.4 is 4.74 Å². The molecule has 4 heteroatoms. The molecule has 3 nitrogen and oxygen atoms in total. The minimum Gasteiger partial charge on any atom is -0.486 e. The van der Waals surface area contributed by atoms with E-state index in [4.69, 9.17) is 4.74 Å². The first-order chi connectivity index (χ1) is 13.8. The van der Waals surface area contributed by atoms with Crippen molar-refractivity contribution in [1.82, 2.24) is 4.90 Å². The largest absolute Gasteiger partial charge is 0.486 e. The van der Waals surface area contributed by atoms with Gasteiger partial charge in [0.1, 0.15) is 13.3 Å². The van der Waals surface area contributed by atoms with Crippen molar-refractivity contribution in [3.63, 3.8) is 0 Å². The van der Waals surface area contributed by atoms with E-state index in [2.05, 4.69) is 22.0 Å². The fourth-order valence-corrected chi connectivity index (χ4v) is 3.11. The highest BCUT2D eigenvalue weighted by atomic mass is 19.1. The van der Waals surface area contributed by atoms with Gasteiger partial charge in [0.25, 0.3) is 0 Å². The van der Waals surface area contributed by atoms with Crippen LogP contribution in [0.4, 0.5) is 4.39 Å². The molecule has 3 aromatic carbocycles. The predicted molar refractivity (Wildman–Crippen MR) is 110 cm³/mol. The number of hydrogen-bond acceptors (Lipinski definition) is 3. The Kier molecular flexibility index (Phi) is 5.48. The second kappa shape index (κ2) is 8.53. The van der Waals surface area contributed by atoms with Crippen molar-refractivity contribution < 1.29 is 9.13 Å². The summed E-state index contributed by atoms with van der Waals surface area (Å²) < 4.78 is 20.2. The number of halogens is 1. The lowest BCUT2D eigenvalue weighted by molar-refractivity contribution is 0.290. The molecule has 0 amide bonds. The highest BCUT2D eigenvalue weighted by molar-refractivity contribution is 6.10. The Hall–Kier alpha value is -3.40. The van der Waals surface area contributed by atoms with Crippen LogP contribution in [0.25, 0.3) is 5.57 Å². The Balaban J connectivity index is 1.46. The second-order valence-corrected chi connectivity index (χ2v) is 6.69. The Labute approximate surface area is 164 Å². The third kappa shape index (κ3) is 4.46. The maximum absolute atomic E-state index is 14.5. The van der Waals surface area contributed by atoms with E-state index in [1.54, 1.807) is 12.3 Å². The first kappa shape index (κ1) is 18.0. The van der Waals surface area contributed by atoms with Crippen LogP contribution in [0.1, 0.15) is 16.7 Å². The van der Waals surface area contributed by atoms with Gasteiger partial charge in [0.15, 0.2) is 11.6 Å². The lowest BCUT2D eigenvalue weighted by Gasteiger charge is -2.23. The van der Waals surface area contributed by atoms with Gasteiger partial charge in [0.05, 0.1) is 0 Å². The van der Waals surface area contributed by atoms with E-state index in [1.807, 2.05) is 60.8 Å². The molecule has 0 unspecified atom stereocenters. The molecule has 0 spiro atoms. The molecule has 0 saturated heterocycles. The molecule has 1 heterocycles. The summed E-state index contributed by atoms with van der Waals surface area (Å²) in [6.45, 7) is 1.70. The van der Waals surface area contributed by atoms with Gasteiger partial charge in [0.2, 0.25) is 0 Å². The van der Waals surface area contributed by atoms with Gasteiger partial charge in [-0.05, 0) is 28.8 Å². The van der Waals surface area contributed by atoms with E-state index >= 15 is 0 Å². The number of allylic oxidation sites excluding steroid dienone is 1. The lowest BCUT2D eigenvalue weighted by Crippen LogP contribution is -2.20. The fourth-order valence-electron chi connectivity index (χ4n) is 3.11. The summed E-state index contributed by atoms with van der Waals surface area (Å²) in [7, 11) is 0. The zero-order valence-corrected chi connectivity index (χ0v) is 15.5. The fraction of sp³-hybridized carbons (Fsp3) is 0.125. The van der Waals surface area contributed by atoms with Gasteiger partial charge in [-0.2, -0.15) is 0 Å². The van der Waals surface area contributed by atoms with E-state index in [0.717, 1.165) is 23.2 Å². The summed E-state index contributed by atoms with van der Waals surface area (Å²) in [5.41, 5.74) is 3.89. The minimum atomic E-state index is -0.372. The molecule has 0 radical (unpaired) electrons. The summed E-state index contributed by atoms with van der Waals surface area (Å²) in [5.74, 6) is -0.120. The Morgan fingerprint density at radius 2 is 1.61 bits per heavy atom. The van der Waals surface area contributed by atoms with Crippen molar-refractivity contribution in [3.05, 3.63) is 108 Å². The molecule has 4 rings (SSSR count). The average Bonchev–Trinajstić information content (AvgIpc) is 2.74. The van der Waals surface area contributed by atoms with Crippen LogP contribution >= 0.6 is 0 Å². The Morgan fingerprint density at radius 1 is 0.893 bits per heavy atom. The summed E-state index contributed by atoms with van der Waals surface area (Å²) >= 11 is 0. The molecule has 140 valence electrons. The van der Waals surface area contributed by atoms with Crippen LogP contribution in [0.15, 0.2) is 90.1 Å². The van der Waals surface area contributed by atoms with Crippen molar-refractivity contribution in [2.45, 2.75) is 13.2 Å². The van der Waals surface area contributed by atoms with Crippen molar-refractivity contribution in [3.8, 4) is 5.75 Å². The van der Waals surface area contributed by atoms with E-state index < -0.39 is 0 Å². The second-order valence-electron chi connectivity index (χ2n) is 6.69. The van der Waals surface area contributed by atoms with Crippen LogP contribution in [-0.4, -0.2) is 17.8 Å². The Bertz CT molecular complexity index is 984. The molecule has 0 saturated carbocycles. The van der Waals surface area contributed by atoms with Gasteiger partial charge < -0.3 is 9.64 Å². The van der Waals surface area contributed by atoms with E-state index in [1.165, 1.54) is 11.6 Å². The van der Waals surface area contributed by atoms with Crippen LogP contribution in [0.5, 0.6) is 5.75 Å². The molecule has 1 aliphatic heterocycles. The first-order valence-electron chi connectivity index (χ1n) is 9.24. The summed E-state index contributed by atoms with van der Waals surface area (Å²) in [5, 5.41) is 0. The van der Waals surface area contributed by atoms with Crippen molar-refractivity contribution in [2.75, 3.05) is 6.67 Å². The molecular formula is C24H21FN2O. The van der Waals surface area contributed by atoms with Gasteiger partial charge in [-0.1, -0.05) is 66.7 Å². The van der Waals surface area contributed by atoms with E-state index in [-0.39, 0.29) is 11.6 Å². The van der Waals surface area contributed by atoms with Crippen molar-refractivity contribution >= 4 is 11.8 Å². The lowest BCUT2D eigenvalue weighted by atomic mass is 10.1. The summed E-state index contributed by atoms with van der Waals surface area (Å²) in [6, 6.07) is 25.0. The third-order valence-electron chi connectivity index (χ3n) is 4.55. The topological polar surface area (TPSA) is 24.8 Å². The van der Waals surface area contributed by atoms with Gasteiger partial charge >= 0.3 is 0 Å². The van der Waals surface area contributed by atoms with Gasteiger partial charge in [-0.3, -0.25) is 4.99 Å². The molecule has 0 bridgehead atoms. The highest BCUT2D eigenvalue weighted by Gasteiger charge is 2.12. The van der Waals surface area contributed by atoms with Crippen molar-refractivity contribution in [1.29, 1.82) is 0 Å². The zero-order chi connectivity index (χ0) is 19.2. The smallest absolute Gasteiger partial charge is 0.165 e. The van der Waals surface area contributed by atoms with Gasteiger partial charge in [-0.25, -0.2) is 4.39 Å². The maximum atomic E-state index is 14.5. The zero-order valence-electron chi connectivity index (χ0n) is 15.5. The van der Waals surface area contributed by atoms with Gasteiger partial charge in [0, 0.05) is 24.5 Å². The molecule has 0 atom stereocenters. The summed E-state index contributed by atoms with van der Waals surface area (Å²) in [4.78, 5) is 6.53. The molecule has 0 aromatic heterocycles. The average molecular weight is 372 g/mol. The molecule has 0 aliphatic carbocycles. The monoisotopic (exact) mass is 372 g/mol. The van der Waals surface area contributed by atoms with Crippen LogP contribution in [0.3, 0.4) is 0 Å². The first-order valence-corrected chi connectivity index (χ1v) is 9.24. The standard InChI is InChI=1S/C24H21FN2O/c25-23-13-21(11-12-24(23)28-17-20-9-5-2-6-10-20)22-14-26-18-27(16-22)15-19-7-3-1-4-8-19/h1-14,16H,15,17-18H2. The van der Waals surface area contributed by atoms with Crippen LogP contribution in [0, 0.1) is 5.82 Å². The molecule has 28 heavy (non-hydrogen) atoms. The van der Waals surface area contributed by atoms with Crippen molar-refractivity contribution in [2.24, 2.45) is 4.99 Å². The number of hydrogen-bond donors (Lipinski definition) is 0. The molecular weight excluding hydrogens is 351 g/mol. The highest BCUT2D eigenvalue weighted by Crippen LogP contribution is 2.25.